The van der Waals surface area contributed by atoms with Gasteiger partial charge in [-0.25, -0.2) is 0 Å². The van der Waals surface area contributed by atoms with Gasteiger partial charge in [-0.2, -0.15) is 5.26 Å². The molecule has 0 heterocycles. The Bertz CT molecular complexity index is 558. The van der Waals surface area contributed by atoms with E-state index in [1.165, 1.54) is 0 Å². The highest BCUT2D eigenvalue weighted by Gasteiger charge is 1.98. The number of nitrogens with zero attached hydrogens (tertiary/aromatic N) is 1. The maximum Gasteiger partial charge on any atom is 0.123 e. The number of phenols is 1. The van der Waals surface area contributed by atoms with Crippen molar-refractivity contribution in [2.24, 2.45) is 0 Å². The van der Waals surface area contributed by atoms with Gasteiger partial charge in [-0.1, -0.05) is 18.2 Å². The van der Waals surface area contributed by atoms with Crippen LogP contribution in [0, 0.1) is 11.3 Å². The van der Waals surface area contributed by atoms with Crippen molar-refractivity contribution < 1.29 is 9.84 Å². The highest BCUT2D eigenvalue weighted by molar-refractivity contribution is 5.34. The molecule has 17 heavy (non-hydrogen) atoms. The molecule has 2 aromatic carbocycles. The quantitative estimate of drug-likeness (QED) is 0.873. The van der Waals surface area contributed by atoms with Crippen LogP contribution in [-0.2, 0) is 6.61 Å². The Kier molecular flexibility index (Phi) is 3.27. The van der Waals surface area contributed by atoms with Gasteiger partial charge in [-0.05, 0) is 29.8 Å². The van der Waals surface area contributed by atoms with Crippen LogP contribution in [0.25, 0.3) is 0 Å². The monoisotopic (exact) mass is 225 g/mol. The summed E-state index contributed by atoms with van der Waals surface area (Å²) in [5, 5.41) is 18.0. The van der Waals surface area contributed by atoms with Crippen LogP contribution >= 0.6 is 0 Å². The average molecular weight is 225 g/mol. The Balaban J connectivity index is 2.05. The third kappa shape index (κ3) is 2.99. The van der Waals surface area contributed by atoms with Gasteiger partial charge in [0.1, 0.15) is 18.1 Å². The number of phenolic OH excluding ortho intramolecular Hbond substituents is 1. The van der Waals surface area contributed by atoms with E-state index in [0.717, 1.165) is 5.56 Å². The lowest BCUT2D eigenvalue weighted by Crippen LogP contribution is -1.95. The van der Waals surface area contributed by atoms with Crippen molar-refractivity contribution in [2.75, 3.05) is 0 Å². The predicted molar refractivity (Wildman–Crippen MR) is 63.6 cm³/mol. The minimum absolute atomic E-state index is 0.174. The van der Waals surface area contributed by atoms with Gasteiger partial charge in [-0.3, -0.25) is 0 Å². The Morgan fingerprint density at radius 2 is 1.94 bits per heavy atom. The van der Waals surface area contributed by atoms with Gasteiger partial charge in [0, 0.05) is 6.07 Å². The van der Waals surface area contributed by atoms with Crippen LogP contribution in [0.1, 0.15) is 11.1 Å². The van der Waals surface area contributed by atoms with E-state index < -0.39 is 0 Å². The summed E-state index contributed by atoms with van der Waals surface area (Å²) in [4.78, 5) is 0. The smallest absolute Gasteiger partial charge is 0.123 e. The van der Waals surface area contributed by atoms with E-state index >= 15 is 0 Å². The second kappa shape index (κ2) is 5.04. The number of ether oxygens (including phenoxy) is 1. The summed E-state index contributed by atoms with van der Waals surface area (Å²) < 4.78 is 5.50. The van der Waals surface area contributed by atoms with E-state index in [1.54, 1.807) is 36.4 Å². The molecule has 0 bridgehead atoms. The van der Waals surface area contributed by atoms with E-state index in [4.69, 9.17) is 10.00 Å². The molecule has 84 valence electrons. The zero-order valence-corrected chi connectivity index (χ0v) is 9.13. The fourth-order valence-electron chi connectivity index (χ4n) is 1.47. The summed E-state index contributed by atoms with van der Waals surface area (Å²) >= 11 is 0. The summed E-state index contributed by atoms with van der Waals surface area (Å²) in [6.45, 7) is 0.374. The number of rotatable bonds is 3. The molecule has 0 aromatic heterocycles. The number of nitriles is 1. The molecule has 0 saturated carbocycles. The van der Waals surface area contributed by atoms with Gasteiger partial charge in [0.05, 0.1) is 11.6 Å². The summed E-state index contributed by atoms with van der Waals surface area (Å²) in [5.74, 6) is 0.778. The number of hydrogen-bond acceptors (Lipinski definition) is 3. The Hall–Kier alpha value is -2.47. The van der Waals surface area contributed by atoms with Crippen molar-refractivity contribution in [3.8, 4) is 17.6 Å². The number of benzene rings is 2. The van der Waals surface area contributed by atoms with Crippen molar-refractivity contribution in [1.29, 1.82) is 5.26 Å². The second-order valence-electron chi connectivity index (χ2n) is 3.60. The Labute approximate surface area is 99.5 Å². The van der Waals surface area contributed by atoms with Crippen molar-refractivity contribution in [2.45, 2.75) is 6.61 Å². The van der Waals surface area contributed by atoms with E-state index in [-0.39, 0.29) is 5.75 Å². The average Bonchev–Trinajstić information content (AvgIpc) is 2.37. The first-order valence-electron chi connectivity index (χ1n) is 5.19. The van der Waals surface area contributed by atoms with Crippen LogP contribution in [0.4, 0.5) is 0 Å². The fraction of sp³-hybridized carbons (Fsp3) is 0.0714. The van der Waals surface area contributed by atoms with E-state index in [0.29, 0.717) is 17.9 Å². The van der Waals surface area contributed by atoms with Crippen LogP contribution in [0.3, 0.4) is 0 Å². The van der Waals surface area contributed by atoms with Crippen LogP contribution in [0.5, 0.6) is 11.5 Å². The molecule has 0 aliphatic rings. The van der Waals surface area contributed by atoms with Gasteiger partial charge in [-0.15, -0.1) is 0 Å². The summed E-state index contributed by atoms with van der Waals surface area (Å²) in [5.41, 5.74) is 1.54. The predicted octanol–water partition coefficient (Wildman–Crippen LogP) is 2.84. The topological polar surface area (TPSA) is 53.2 Å². The molecule has 2 aromatic rings. The zero-order valence-electron chi connectivity index (χ0n) is 9.13. The third-order valence-electron chi connectivity index (χ3n) is 2.28. The van der Waals surface area contributed by atoms with E-state index in [2.05, 4.69) is 6.07 Å². The van der Waals surface area contributed by atoms with Crippen molar-refractivity contribution >= 4 is 0 Å². The summed E-state index contributed by atoms with van der Waals surface area (Å²) in [7, 11) is 0. The molecule has 0 aliphatic carbocycles. The van der Waals surface area contributed by atoms with Gasteiger partial charge >= 0.3 is 0 Å². The van der Waals surface area contributed by atoms with E-state index in [1.807, 2.05) is 12.1 Å². The maximum atomic E-state index is 9.27. The van der Waals surface area contributed by atoms with Crippen LogP contribution < -0.4 is 4.74 Å². The molecule has 0 radical (unpaired) electrons. The highest BCUT2D eigenvalue weighted by Crippen LogP contribution is 2.19. The van der Waals surface area contributed by atoms with Crippen LogP contribution in [0.15, 0.2) is 48.5 Å². The first kappa shape index (κ1) is 11.0. The molecule has 0 saturated heterocycles. The van der Waals surface area contributed by atoms with Gasteiger partial charge < -0.3 is 9.84 Å². The largest absolute Gasteiger partial charge is 0.508 e. The molecular weight excluding hydrogens is 214 g/mol. The third-order valence-corrected chi connectivity index (χ3v) is 2.28. The normalized spacial score (nSPS) is 9.59. The molecule has 3 heteroatoms. The molecule has 2 rings (SSSR count). The molecule has 0 spiro atoms. The fourth-order valence-corrected chi connectivity index (χ4v) is 1.47. The van der Waals surface area contributed by atoms with Crippen molar-refractivity contribution in [3.63, 3.8) is 0 Å². The summed E-state index contributed by atoms with van der Waals surface area (Å²) in [6.07, 6.45) is 0. The van der Waals surface area contributed by atoms with Gasteiger partial charge in [0.15, 0.2) is 0 Å². The Morgan fingerprint density at radius 3 is 2.71 bits per heavy atom. The standard InChI is InChI=1S/C14H11NO2/c15-9-11-3-1-4-12(7-11)10-17-14-6-2-5-13(16)8-14/h1-8,16H,10H2. The minimum atomic E-state index is 0.174. The lowest BCUT2D eigenvalue weighted by atomic mass is 10.1. The number of aromatic hydroxyl groups is 1. The van der Waals surface area contributed by atoms with E-state index in [9.17, 15) is 5.11 Å². The first-order valence-corrected chi connectivity index (χ1v) is 5.19. The molecule has 0 amide bonds. The van der Waals surface area contributed by atoms with Crippen molar-refractivity contribution in [1.82, 2.24) is 0 Å². The summed E-state index contributed by atoms with van der Waals surface area (Å²) in [6, 6.07) is 15.9. The molecule has 3 nitrogen and oxygen atoms in total. The molecular formula is C14H11NO2. The lowest BCUT2D eigenvalue weighted by molar-refractivity contribution is 0.304. The maximum absolute atomic E-state index is 9.27. The SMILES string of the molecule is N#Cc1cccc(COc2cccc(O)c2)c1. The lowest BCUT2D eigenvalue weighted by Gasteiger charge is -2.06. The molecule has 0 atom stereocenters. The van der Waals surface area contributed by atoms with Gasteiger partial charge in [0.2, 0.25) is 0 Å². The van der Waals surface area contributed by atoms with Crippen molar-refractivity contribution in [3.05, 3.63) is 59.7 Å². The number of hydrogen-bond donors (Lipinski definition) is 1. The minimum Gasteiger partial charge on any atom is -0.508 e. The van der Waals surface area contributed by atoms with Crippen LogP contribution in [0.2, 0.25) is 0 Å². The zero-order chi connectivity index (χ0) is 12.1. The van der Waals surface area contributed by atoms with Crippen LogP contribution in [-0.4, -0.2) is 5.11 Å². The molecule has 0 unspecified atom stereocenters. The Morgan fingerprint density at radius 1 is 1.12 bits per heavy atom. The second-order valence-corrected chi connectivity index (χ2v) is 3.60. The first-order chi connectivity index (χ1) is 8.28. The molecule has 0 fully saturated rings. The molecule has 0 aliphatic heterocycles. The molecule has 1 N–H and O–H groups in total. The highest BCUT2D eigenvalue weighted by atomic mass is 16.5. The van der Waals surface area contributed by atoms with Gasteiger partial charge in [0.25, 0.3) is 0 Å².